The minimum atomic E-state index is -1.64. The molecule has 5 atom stereocenters. The SMILES string of the molecule is C=CC1=NC(=C)CC2C(CCc3ccc4c(oc5nc(C)ccc54)c31)c1ccccc1-c1cc(CC3CC4CCC3C4)c([Si](C)(C)C)c[n+]12. The van der Waals surface area contributed by atoms with Gasteiger partial charge in [0.2, 0.25) is 11.4 Å². The summed E-state index contributed by atoms with van der Waals surface area (Å²) < 4.78 is 9.19. The van der Waals surface area contributed by atoms with Crippen molar-refractivity contribution < 1.29 is 8.98 Å². The summed E-state index contributed by atoms with van der Waals surface area (Å²) in [6, 6.07) is 20.8. The van der Waals surface area contributed by atoms with Gasteiger partial charge in [0, 0.05) is 50.5 Å². The van der Waals surface area contributed by atoms with E-state index in [0.717, 1.165) is 76.0 Å². The van der Waals surface area contributed by atoms with Gasteiger partial charge in [0.15, 0.2) is 12.2 Å². The Bertz CT molecular complexity index is 2220. The van der Waals surface area contributed by atoms with Crippen molar-refractivity contribution in [3.63, 3.8) is 0 Å². The summed E-state index contributed by atoms with van der Waals surface area (Å²) in [6.07, 6.45) is 14.3. The molecule has 248 valence electrons. The molecule has 3 aromatic heterocycles. The Hall–Kier alpha value is -4.09. The Balaban J connectivity index is 1.19. The zero-order valence-electron chi connectivity index (χ0n) is 29.6. The van der Waals surface area contributed by atoms with Crippen molar-refractivity contribution in [3.8, 4) is 11.3 Å². The number of aromatic nitrogens is 2. The molecular formula is C44H48N3OSi+. The Kier molecular flexibility index (Phi) is 7.25. The fourth-order valence-corrected chi connectivity index (χ4v) is 11.9. The summed E-state index contributed by atoms with van der Waals surface area (Å²) >= 11 is 0. The average Bonchev–Trinajstić information content (AvgIpc) is 3.80. The zero-order chi connectivity index (χ0) is 33.6. The molecule has 2 aliphatic carbocycles. The fraction of sp³-hybridized carbons (Fsp3) is 0.386. The van der Waals surface area contributed by atoms with Gasteiger partial charge in [0.25, 0.3) is 0 Å². The van der Waals surface area contributed by atoms with E-state index in [2.05, 4.69) is 98.2 Å². The topological polar surface area (TPSA) is 42.3 Å². The van der Waals surface area contributed by atoms with E-state index in [0.29, 0.717) is 11.6 Å². The predicted octanol–water partition coefficient (Wildman–Crippen LogP) is 9.93. The van der Waals surface area contributed by atoms with Crippen molar-refractivity contribution in [1.29, 1.82) is 0 Å². The lowest BCUT2D eigenvalue weighted by molar-refractivity contribution is -0.717. The number of nitrogens with zero attached hydrogens (tertiary/aromatic N) is 3. The maximum Gasteiger partial charge on any atom is 0.227 e. The summed E-state index contributed by atoms with van der Waals surface area (Å²) in [5.41, 5.74) is 12.3. The second-order valence-corrected chi connectivity index (χ2v) is 21.6. The number of furan rings is 1. The van der Waals surface area contributed by atoms with Crippen molar-refractivity contribution in [2.75, 3.05) is 0 Å². The van der Waals surface area contributed by atoms with Crippen LogP contribution in [0.2, 0.25) is 19.6 Å². The van der Waals surface area contributed by atoms with Crippen LogP contribution in [0.1, 0.15) is 78.4 Å². The highest BCUT2D eigenvalue weighted by Crippen LogP contribution is 2.50. The lowest BCUT2D eigenvalue weighted by atomic mass is 9.77. The van der Waals surface area contributed by atoms with Gasteiger partial charge in [-0.15, -0.1) is 0 Å². The maximum atomic E-state index is 6.53. The number of allylic oxidation sites excluding steroid dienone is 2. The van der Waals surface area contributed by atoms with Crippen LogP contribution >= 0.6 is 0 Å². The molecule has 9 rings (SSSR count). The summed E-state index contributed by atoms with van der Waals surface area (Å²) in [5.74, 6) is 3.09. The van der Waals surface area contributed by atoms with Crippen LogP contribution in [-0.4, -0.2) is 18.8 Å². The van der Waals surface area contributed by atoms with Gasteiger partial charge in [0.05, 0.1) is 20.2 Å². The van der Waals surface area contributed by atoms with Crippen molar-refractivity contribution >= 4 is 41.0 Å². The summed E-state index contributed by atoms with van der Waals surface area (Å²) in [7, 11) is -1.64. The minimum Gasteiger partial charge on any atom is -0.437 e. The largest absolute Gasteiger partial charge is 0.437 e. The van der Waals surface area contributed by atoms with E-state index in [1.165, 1.54) is 54.5 Å². The standard InChI is InChI=1S/C44H48N3OSi/c1-7-38-42-29(16-19-36-37-17-12-26(2)46-44(37)48-43(36)42)15-18-35-33-10-8-9-11-34(33)40-24-32(23-31-22-28-13-14-30(31)21-28)41(49(4,5)6)25-47(40)39(35)20-27(3)45-38/h7-12,16-17,19,24-25,28,30-31,35,39H,1,3,13-15,18,20-23H2,2,4-6H3/q+1. The summed E-state index contributed by atoms with van der Waals surface area (Å²) in [5, 5.41) is 3.75. The second-order valence-electron chi connectivity index (χ2n) is 16.5. The predicted molar refractivity (Wildman–Crippen MR) is 205 cm³/mol. The third-order valence-electron chi connectivity index (χ3n) is 12.5. The molecule has 5 aromatic rings. The van der Waals surface area contributed by atoms with Gasteiger partial charge in [-0.1, -0.05) is 69.6 Å². The molecule has 4 aliphatic rings. The molecule has 0 radical (unpaired) electrons. The molecular weight excluding hydrogens is 615 g/mol. The fourth-order valence-electron chi connectivity index (χ4n) is 10.2. The number of rotatable bonds is 4. The smallest absolute Gasteiger partial charge is 0.227 e. The maximum absolute atomic E-state index is 6.53. The van der Waals surface area contributed by atoms with Crippen LogP contribution in [0.25, 0.3) is 33.3 Å². The van der Waals surface area contributed by atoms with E-state index in [4.69, 9.17) is 14.4 Å². The van der Waals surface area contributed by atoms with Crippen LogP contribution in [0.3, 0.4) is 0 Å². The second kappa shape index (κ2) is 11.5. The third-order valence-corrected chi connectivity index (χ3v) is 14.5. The molecule has 2 saturated carbocycles. The molecule has 0 saturated heterocycles. The molecule has 2 aromatic carbocycles. The molecule has 5 heterocycles. The molecule has 2 fully saturated rings. The molecule has 0 N–H and O–H groups in total. The molecule has 5 heteroatoms. The molecule has 2 bridgehead atoms. The van der Waals surface area contributed by atoms with Gasteiger partial charge < -0.3 is 4.42 Å². The molecule has 2 aliphatic heterocycles. The number of aryl methyl sites for hydroxylation is 2. The molecule has 5 unspecified atom stereocenters. The van der Waals surface area contributed by atoms with E-state index >= 15 is 0 Å². The number of hydrogen-bond acceptors (Lipinski definition) is 3. The minimum absolute atomic E-state index is 0.238. The van der Waals surface area contributed by atoms with Gasteiger partial charge in [-0.2, -0.15) is 4.57 Å². The van der Waals surface area contributed by atoms with E-state index in [1.54, 1.807) is 10.8 Å². The highest BCUT2D eigenvalue weighted by molar-refractivity contribution is 6.89. The summed E-state index contributed by atoms with van der Waals surface area (Å²) in [6.45, 7) is 18.5. The average molecular weight is 663 g/mol. The van der Waals surface area contributed by atoms with Crippen molar-refractivity contribution in [1.82, 2.24) is 4.98 Å². The third kappa shape index (κ3) is 5.10. The quantitative estimate of drug-likeness (QED) is 0.142. The number of fused-ring (bicyclic) bond motifs is 13. The van der Waals surface area contributed by atoms with Crippen LogP contribution in [0.15, 0.2) is 95.1 Å². The van der Waals surface area contributed by atoms with Crippen molar-refractivity contribution in [3.05, 3.63) is 114 Å². The molecule has 4 nitrogen and oxygen atoms in total. The Morgan fingerprint density at radius 2 is 1.84 bits per heavy atom. The van der Waals surface area contributed by atoms with Crippen LogP contribution < -0.4 is 9.75 Å². The van der Waals surface area contributed by atoms with Crippen LogP contribution in [0, 0.1) is 24.7 Å². The lowest BCUT2D eigenvalue weighted by Gasteiger charge is -2.33. The first-order chi connectivity index (χ1) is 23.7. The highest BCUT2D eigenvalue weighted by Gasteiger charge is 2.44. The van der Waals surface area contributed by atoms with E-state index in [9.17, 15) is 0 Å². The summed E-state index contributed by atoms with van der Waals surface area (Å²) in [4.78, 5) is 9.98. The van der Waals surface area contributed by atoms with Crippen LogP contribution in [0.4, 0.5) is 0 Å². The molecule has 0 spiro atoms. The number of benzene rings is 2. The van der Waals surface area contributed by atoms with Gasteiger partial charge in [-0.05, 0) is 104 Å². The first kappa shape index (κ1) is 30.9. The Labute approximate surface area is 291 Å². The Morgan fingerprint density at radius 1 is 1.00 bits per heavy atom. The van der Waals surface area contributed by atoms with Crippen LogP contribution in [-0.2, 0) is 12.8 Å². The van der Waals surface area contributed by atoms with Gasteiger partial charge in [-0.25, -0.2) is 4.98 Å². The lowest BCUT2D eigenvalue weighted by Crippen LogP contribution is -2.54. The van der Waals surface area contributed by atoms with Gasteiger partial charge >= 0.3 is 0 Å². The van der Waals surface area contributed by atoms with Crippen LogP contribution in [0.5, 0.6) is 0 Å². The Morgan fingerprint density at radius 3 is 2.61 bits per heavy atom. The number of hydrogen-bond donors (Lipinski definition) is 0. The van der Waals surface area contributed by atoms with Crippen molar-refractivity contribution in [2.45, 2.75) is 89.9 Å². The van der Waals surface area contributed by atoms with E-state index in [1.807, 2.05) is 13.0 Å². The van der Waals surface area contributed by atoms with Gasteiger partial charge in [-0.3, -0.25) is 4.99 Å². The first-order valence-electron chi connectivity index (χ1n) is 18.5. The first-order valence-corrected chi connectivity index (χ1v) is 22.0. The van der Waals surface area contributed by atoms with E-state index < -0.39 is 8.07 Å². The zero-order valence-corrected chi connectivity index (χ0v) is 30.6. The monoisotopic (exact) mass is 662 g/mol. The van der Waals surface area contributed by atoms with E-state index in [-0.39, 0.29) is 6.04 Å². The molecule has 0 amide bonds. The highest BCUT2D eigenvalue weighted by atomic mass is 28.3. The van der Waals surface area contributed by atoms with Crippen molar-refractivity contribution in [2.24, 2.45) is 22.7 Å². The number of aliphatic imine (C=N–C) groups is 1. The normalized spacial score (nSPS) is 24.7. The van der Waals surface area contributed by atoms with Gasteiger partial charge in [0.1, 0.15) is 5.58 Å². The molecule has 49 heavy (non-hydrogen) atoms. The number of pyridine rings is 2.